The number of rotatable bonds is 7. The smallest absolute Gasteiger partial charge is 0.367 e. The molecule has 0 saturated heterocycles. The van der Waals surface area contributed by atoms with E-state index in [1.807, 2.05) is 78.9 Å². The van der Waals surface area contributed by atoms with Gasteiger partial charge in [0.2, 0.25) is 5.89 Å². The zero-order chi connectivity index (χ0) is 35.0. The van der Waals surface area contributed by atoms with E-state index in [-0.39, 0.29) is 40.4 Å². The minimum atomic E-state index is -0.531. The maximum absolute atomic E-state index is 12.9. The molecule has 1 aliphatic rings. The fourth-order valence-electron chi connectivity index (χ4n) is 6.48. The first-order chi connectivity index (χ1) is 25.0. The van der Waals surface area contributed by atoms with E-state index in [0.717, 1.165) is 33.5 Å². The number of carbonyl (C=O) groups is 2. The molecule has 1 aliphatic carbocycles. The van der Waals surface area contributed by atoms with Gasteiger partial charge in [-0.3, -0.25) is 9.59 Å². The first kappa shape index (κ1) is 33.2. The molecule has 51 heavy (non-hydrogen) atoms. The molecule has 4 aromatic carbocycles. The van der Waals surface area contributed by atoms with Crippen molar-refractivity contribution in [2.45, 2.75) is 38.5 Å². The molecule has 7 aromatic rings. The molecule has 0 aliphatic heterocycles. The molecule has 2 N–H and O–H groups in total. The molecule has 3 heterocycles. The van der Waals surface area contributed by atoms with Crippen molar-refractivity contribution in [3.8, 4) is 11.5 Å². The summed E-state index contributed by atoms with van der Waals surface area (Å²) in [5, 5.41) is 9.55. The molecule has 11 nitrogen and oxygen atoms in total. The zero-order valence-corrected chi connectivity index (χ0v) is 27.8. The summed E-state index contributed by atoms with van der Waals surface area (Å²) in [5.41, 5.74) is 1.32. The molecule has 2 amide bonds. The predicted molar refractivity (Wildman–Crippen MR) is 196 cm³/mol. The number of hydrogen-bond donors (Lipinski definition) is 2. The summed E-state index contributed by atoms with van der Waals surface area (Å²) in [4.78, 5) is 58.3. The fourth-order valence-corrected chi connectivity index (χ4v) is 6.48. The van der Waals surface area contributed by atoms with E-state index in [1.165, 1.54) is 56.9 Å². The van der Waals surface area contributed by atoms with Crippen LogP contribution >= 0.6 is 0 Å². The van der Waals surface area contributed by atoms with E-state index < -0.39 is 5.63 Å². The Morgan fingerprint density at radius 2 is 1.37 bits per heavy atom. The molecule has 11 heteroatoms. The van der Waals surface area contributed by atoms with E-state index in [9.17, 15) is 14.4 Å². The Labute approximate surface area is 293 Å². The van der Waals surface area contributed by atoms with E-state index >= 15 is 0 Å². The number of nitrogens with zero attached hydrogens (tertiary/aromatic N) is 5. The van der Waals surface area contributed by atoms with Crippen molar-refractivity contribution in [1.29, 1.82) is 0 Å². The highest BCUT2D eigenvalue weighted by Crippen LogP contribution is 2.28. The van der Waals surface area contributed by atoms with E-state index in [2.05, 4.69) is 35.6 Å². The molecule has 0 spiro atoms. The maximum atomic E-state index is 12.9. The molecule has 0 atom stereocenters. The van der Waals surface area contributed by atoms with Gasteiger partial charge in [0.25, 0.3) is 11.8 Å². The summed E-state index contributed by atoms with van der Waals surface area (Å²) in [6, 6.07) is 26.9. The number of nitrogens with one attached hydrogen (secondary N) is 2. The van der Waals surface area contributed by atoms with Crippen LogP contribution in [-0.4, -0.2) is 43.3 Å². The zero-order valence-electron chi connectivity index (χ0n) is 27.8. The van der Waals surface area contributed by atoms with Crippen LogP contribution in [0.3, 0.4) is 0 Å². The number of hydrogen-bond acceptors (Lipinski definition) is 9. The number of fused-ring (bicyclic) bond motifs is 3. The third-order valence-electron chi connectivity index (χ3n) is 9.03. The Bertz CT molecular complexity index is 2400. The Kier molecular flexibility index (Phi) is 10.0. The van der Waals surface area contributed by atoms with Gasteiger partial charge in [-0.15, -0.1) is 0 Å². The molecule has 0 radical (unpaired) electrons. The van der Waals surface area contributed by atoms with Crippen molar-refractivity contribution in [2.75, 3.05) is 11.9 Å². The highest BCUT2D eigenvalue weighted by molar-refractivity contribution is 6.14. The second-order valence-electron chi connectivity index (χ2n) is 12.3. The Morgan fingerprint density at radius 1 is 0.706 bits per heavy atom. The van der Waals surface area contributed by atoms with Crippen molar-refractivity contribution in [3.05, 3.63) is 131 Å². The standard InChI is InChI=1S/C24H26N4O2.C16H9N3O2/c29-23(20-12-6-10-18-9-4-5-11-19(18)20)28-22-21(25-15-16-26-22)24(30)27-14-13-17-7-2-1-3-8-17;20-16-13-14(18-9-8-17-13)19-15(21-16)12-7-3-5-10-4-1-2-6-11(10)12/h4-6,9-12,15-17H,1-3,7-8,13-14H2,(H,27,30)(H,26,28,29);1-9H. The molecule has 8 rings (SSSR count). The lowest BCUT2D eigenvalue weighted by molar-refractivity contribution is 0.0946. The summed E-state index contributed by atoms with van der Waals surface area (Å²) < 4.78 is 5.32. The van der Waals surface area contributed by atoms with Crippen molar-refractivity contribution < 1.29 is 14.0 Å². The summed E-state index contributed by atoms with van der Waals surface area (Å²) in [7, 11) is 0. The average Bonchev–Trinajstić information content (AvgIpc) is 3.18. The van der Waals surface area contributed by atoms with Crippen LogP contribution in [0.1, 0.15) is 59.4 Å². The van der Waals surface area contributed by atoms with Gasteiger partial charge in [0.1, 0.15) is 0 Å². The number of amides is 2. The quantitative estimate of drug-likeness (QED) is 0.176. The van der Waals surface area contributed by atoms with Crippen molar-refractivity contribution in [1.82, 2.24) is 30.2 Å². The first-order valence-electron chi connectivity index (χ1n) is 17.0. The third kappa shape index (κ3) is 7.62. The van der Waals surface area contributed by atoms with Crippen LogP contribution in [0.15, 0.2) is 119 Å². The van der Waals surface area contributed by atoms with E-state index in [0.29, 0.717) is 18.0 Å². The SMILES string of the molecule is O=C(NCCC1CCCCC1)c1nccnc1NC(=O)c1cccc2ccccc12.O=c1oc(-c2cccc3ccccc23)nc2nccnc12. The average molecular weight is 678 g/mol. The molecule has 254 valence electrons. The monoisotopic (exact) mass is 677 g/mol. The van der Waals surface area contributed by atoms with Gasteiger partial charge in [0.15, 0.2) is 22.7 Å². The van der Waals surface area contributed by atoms with Gasteiger partial charge in [0.05, 0.1) is 0 Å². The van der Waals surface area contributed by atoms with Crippen LogP contribution in [0, 0.1) is 5.92 Å². The minimum Gasteiger partial charge on any atom is -0.402 e. The Hall–Kier alpha value is -6.36. The van der Waals surface area contributed by atoms with E-state index in [4.69, 9.17) is 4.42 Å². The minimum absolute atomic E-state index is 0.134. The van der Waals surface area contributed by atoms with Crippen LogP contribution in [0.5, 0.6) is 0 Å². The third-order valence-corrected chi connectivity index (χ3v) is 9.03. The Morgan fingerprint density at radius 3 is 2.20 bits per heavy atom. The molecule has 0 bridgehead atoms. The second-order valence-corrected chi connectivity index (χ2v) is 12.3. The topological polar surface area (TPSA) is 153 Å². The lowest BCUT2D eigenvalue weighted by Crippen LogP contribution is -2.29. The summed E-state index contributed by atoms with van der Waals surface area (Å²) in [6.07, 6.45) is 13.2. The van der Waals surface area contributed by atoms with Gasteiger partial charge in [-0.25, -0.2) is 24.7 Å². The van der Waals surface area contributed by atoms with Gasteiger partial charge in [-0.1, -0.05) is 105 Å². The van der Waals surface area contributed by atoms with Crippen molar-refractivity contribution in [3.63, 3.8) is 0 Å². The van der Waals surface area contributed by atoms with Crippen LogP contribution in [0.4, 0.5) is 5.82 Å². The summed E-state index contributed by atoms with van der Waals surface area (Å²) in [6.45, 7) is 0.608. The lowest BCUT2D eigenvalue weighted by atomic mass is 9.87. The van der Waals surface area contributed by atoms with Crippen LogP contribution in [-0.2, 0) is 0 Å². The normalized spacial score (nSPS) is 13.0. The molecule has 3 aromatic heterocycles. The second kappa shape index (κ2) is 15.5. The highest BCUT2D eigenvalue weighted by atomic mass is 16.4. The van der Waals surface area contributed by atoms with Gasteiger partial charge < -0.3 is 15.1 Å². The van der Waals surface area contributed by atoms with Crippen LogP contribution in [0.25, 0.3) is 44.2 Å². The van der Waals surface area contributed by atoms with E-state index in [1.54, 1.807) is 6.07 Å². The van der Waals surface area contributed by atoms with Gasteiger partial charge >= 0.3 is 5.63 Å². The van der Waals surface area contributed by atoms with Crippen molar-refractivity contribution >= 4 is 50.3 Å². The summed E-state index contributed by atoms with van der Waals surface area (Å²) in [5.74, 6) is 0.484. The number of carbonyl (C=O) groups excluding carboxylic acids is 2. The van der Waals surface area contributed by atoms with Crippen LogP contribution in [0.2, 0.25) is 0 Å². The predicted octanol–water partition coefficient (Wildman–Crippen LogP) is 7.38. The van der Waals surface area contributed by atoms with Crippen molar-refractivity contribution in [2.24, 2.45) is 5.92 Å². The Balaban J connectivity index is 0.000000169. The molecule has 0 unspecified atom stereocenters. The maximum Gasteiger partial charge on any atom is 0.367 e. The number of anilines is 1. The fraction of sp³-hybridized carbons (Fsp3) is 0.200. The largest absolute Gasteiger partial charge is 0.402 e. The van der Waals surface area contributed by atoms with Gasteiger partial charge in [0, 0.05) is 42.5 Å². The molecule has 1 saturated carbocycles. The van der Waals surface area contributed by atoms with Crippen LogP contribution < -0.4 is 16.3 Å². The lowest BCUT2D eigenvalue weighted by Gasteiger charge is -2.21. The van der Waals surface area contributed by atoms with Gasteiger partial charge in [-0.05, 0) is 46.0 Å². The molecular formula is C40H35N7O4. The van der Waals surface area contributed by atoms with Gasteiger partial charge in [-0.2, -0.15) is 4.98 Å². The first-order valence-corrected chi connectivity index (χ1v) is 17.0. The number of benzene rings is 4. The number of aromatic nitrogens is 5. The molecular weight excluding hydrogens is 642 g/mol. The summed E-state index contributed by atoms with van der Waals surface area (Å²) >= 11 is 0. The highest BCUT2D eigenvalue weighted by Gasteiger charge is 2.19. The molecule has 1 fully saturated rings.